The summed E-state index contributed by atoms with van der Waals surface area (Å²) in [5, 5.41) is 0. The number of hydrogen-bond acceptors (Lipinski definition) is 4. The summed E-state index contributed by atoms with van der Waals surface area (Å²) >= 11 is 0. The Balaban J connectivity index is 2.34. The van der Waals surface area contributed by atoms with Gasteiger partial charge in [-0.15, -0.1) is 0 Å². The lowest BCUT2D eigenvalue weighted by atomic mass is 10.4. The van der Waals surface area contributed by atoms with Crippen LogP contribution in [0.3, 0.4) is 0 Å². The van der Waals surface area contributed by atoms with E-state index in [4.69, 9.17) is 4.42 Å². The van der Waals surface area contributed by atoms with Crippen molar-refractivity contribution in [1.82, 2.24) is 4.98 Å². The highest BCUT2D eigenvalue weighted by molar-refractivity contribution is 5.92. The number of nitrogens with one attached hydrogen (secondary N) is 1. The molecule has 5 heteroatoms. The van der Waals surface area contributed by atoms with Gasteiger partial charge in [-0.2, -0.15) is 4.89 Å². The molecule has 5 nitrogen and oxygen atoms in total. The first-order chi connectivity index (χ1) is 6.31. The van der Waals surface area contributed by atoms with Crippen molar-refractivity contribution >= 4 is 17.1 Å². The van der Waals surface area contributed by atoms with E-state index in [9.17, 15) is 4.79 Å². The van der Waals surface area contributed by atoms with Gasteiger partial charge in [0.2, 0.25) is 0 Å². The Morgan fingerprint density at radius 3 is 3.15 bits per heavy atom. The summed E-state index contributed by atoms with van der Waals surface area (Å²) in [5.41, 5.74) is 1.67. The molecule has 2 heterocycles. The maximum Gasteiger partial charge on any atom is 0.389 e. The summed E-state index contributed by atoms with van der Waals surface area (Å²) in [7, 11) is 1.27. The summed E-state index contributed by atoms with van der Waals surface area (Å²) in [6.45, 7) is 0. The van der Waals surface area contributed by atoms with Crippen LogP contribution >= 0.6 is 0 Å². The van der Waals surface area contributed by atoms with E-state index < -0.39 is 5.97 Å². The van der Waals surface area contributed by atoms with Crippen LogP contribution in [0.4, 0.5) is 0 Å². The fraction of sp³-hybridized carbons (Fsp3) is 0.125. The third-order valence-electron chi connectivity index (χ3n) is 1.62. The van der Waals surface area contributed by atoms with Crippen LogP contribution in [0.5, 0.6) is 0 Å². The largest absolute Gasteiger partial charge is 0.463 e. The van der Waals surface area contributed by atoms with Crippen molar-refractivity contribution < 1.29 is 19.0 Å². The number of carbonyl (C=O) groups is 1. The molecule has 2 aromatic rings. The number of furan rings is 1. The van der Waals surface area contributed by atoms with Crippen molar-refractivity contribution in [2.45, 2.75) is 0 Å². The predicted molar refractivity (Wildman–Crippen MR) is 43.0 cm³/mol. The lowest BCUT2D eigenvalue weighted by molar-refractivity contribution is -0.216. The number of rotatable bonds is 2. The highest BCUT2D eigenvalue weighted by Gasteiger charge is 2.12. The molecule has 0 saturated heterocycles. The smallest absolute Gasteiger partial charge is 0.389 e. The molecule has 2 rings (SSSR count). The van der Waals surface area contributed by atoms with Gasteiger partial charge in [0.1, 0.15) is 5.69 Å². The second kappa shape index (κ2) is 2.95. The van der Waals surface area contributed by atoms with Crippen molar-refractivity contribution in [2.24, 2.45) is 0 Å². The summed E-state index contributed by atoms with van der Waals surface area (Å²) in [5.74, 6) is -0.575. The minimum Gasteiger partial charge on any atom is -0.463 e. The molecular weight excluding hydrogens is 174 g/mol. The topological polar surface area (TPSA) is 64.5 Å². The molecule has 0 amide bonds. The number of H-pyrrole nitrogens is 1. The molecular formula is C8H7NO4. The first kappa shape index (κ1) is 7.88. The predicted octanol–water partition coefficient (Wildman–Crippen LogP) is 1.48. The van der Waals surface area contributed by atoms with Gasteiger partial charge in [0.15, 0.2) is 5.58 Å². The van der Waals surface area contributed by atoms with Crippen LogP contribution in [0, 0.1) is 0 Å². The molecule has 0 saturated carbocycles. The van der Waals surface area contributed by atoms with Gasteiger partial charge in [-0.1, -0.05) is 0 Å². The van der Waals surface area contributed by atoms with E-state index >= 15 is 0 Å². The van der Waals surface area contributed by atoms with Crippen molar-refractivity contribution in [2.75, 3.05) is 7.11 Å². The third-order valence-corrected chi connectivity index (χ3v) is 1.62. The lowest BCUT2D eigenvalue weighted by Crippen LogP contribution is -2.03. The Labute approximate surface area is 73.2 Å². The van der Waals surface area contributed by atoms with Crippen molar-refractivity contribution in [1.29, 1.82) is 0 Å². The highest BCUT2D eigenvalue weighted by Crippen LogP contribution is 2.16. The fourth-order valence-electron chi connectivity index (χ4n) is 1.08. The standard InChI is InChI=1S/C8H7NO4/c1-11-13-8(10)6-4-7-5(9-6)2-3-12-7/h2-4,9H,1H3. The molecule has 0 spiro atoms. The third kappa shape index (κ3) is 1.29. The quantitative estimate of drug-likeness (QED) is 0.563. The van der Waals surface area contributed by atoms with E-state index in [1.54, 1.807) is 12.1 Å². The van der Waals surface area contributed by atoms with E-state index in [0.29, 0.717) is 11.3 Å². The van der Waals surface area contributed by atoms with Gasteiger partial charge in [-0.3, -0.25) is 4.89 Å². The van der Waals surface area contributed by atoms with Crippen LogP contribution in [0.1, 0.15) is 10.5 Å². The monoisotopic (exact) mass is 181 g/mol. The summed E-state index contributed by atoms with van der Waals surface area (Å²) in [6.07, 6.45) is 1.53. The van der Waals surface area contributed by atoms with Crippen LogP contribution in [-0.4, -0.2) is 18.1 Å². The number of hydrogen-bond donors (Lipinski definition) is 1. The lowest BCUT2D eigenvalue weighted by Gasteiger charge is -1.94. The van der Waals surface area contributed by atoms with Gasteiger partial charge < -0.3 is 9.40 Å². The van der Waals surface area contributed by atoms with Crippen LogP contribution in [0.25, 0.3) is 11.1 Å². The Morgan fingerprint density at radius 1 is 1.62 bits per heavy atom. The molecule has 1 N–H and O–H groups in total. The second-order valence-corrected chi connectivity index (χ2v) is 2.42. The van der Waals surface area contributed by atoms with Gasteiger partial charge >= 0.3 is 5.97 Å². The number of fused-ring (bicyclic) bond motifs is 1. The zero-order valence-corrected chi connectivity index (χ0v) is 6.87. The number of carbonyl (C=O) groups excluding carboxylic acids is 1. The zero-order valence-electron chi connectivity index (χ0n) is 6.87. The van der Waals surface area contributed by atoms with Crippen LogP contribution < -0.4 is 0 Å². The maximum absolute atomic E-state index is 11.1. The Bertz CT molecular complexity index is 399. The average molecular weight is 181 g/mol. The van der Waals surface area contributed by atoms with Crippen LogP contribution in [0.15, 0.2) is 22.8 Å². The van der Waals surface area contributed by atoms with Gasteiger partial charge in [-0.25, -0.2) is 4.79 Å². The maximum atomic E-state index is 11.1. The first-order valence-electron chi connectivity index (χ1n) is 3.62. The molecule has 2 aromatic heterocycles. The minimum atomic E-state index is -0.575. The molecule has 0 aliphatic heterocycles. The molecule has 0 atom stereocenters. The molecule has 68 valence electrons. The number of aromatic nitrogens is 1. The van der Waals surface area contributed by atoms with E-state index in [-0.39, 0.29) is 0 Å². The summed E-state index contributed by atoms with van der Waals surface area (Å²) in [6, 6.07) is 3.27. The zero-order chi connectivity index (χ0) is 9.26. The van der Waals surface area contributed by atoms with E-state index in [1.807, 2.05) is 0 Å². The summed E-state index contributed by atoms with van der Waals surface area (Å²) < 4.78 is 5.05. The van der Waals surface area contributed by atoms with Crippen LogP contribution in [0.2, 0.25) is 0 Å². The molecule has 0 aliphatic carbocycles. The molecule has 0 aromatic carbocycles. The fourth-order valence-corrected chi connectivity index (χ4v) is 1.08. The Hall–Kier alpha value is -1.75. The van der Waals surface area contributed by atoms with Gasteiger partial charge in [-0.05, 0) is 0 Å². The normalized spacial score (nSPS) is 10.5. The van der Waals surface area contributed by atoms with Crippen molar-refractivity contribution in [3.8, 4) is 0 Å². The number of aromatic amines is 1. The van der Waals surface area contributed by atoms with Gasteiger partial charge in [0.25, 0.3) is 0 Å². The molecule has 0 aliphatic rings. The first-order valence-corrected chi connectivity index (χ1v) is 3.62. The highest BCUT2D eigenvalue weighted by atomic mass is 17.2. The van der Waals surface area contributed by atoms with E-state index in [2.05, 4.69) is 14.8 Å². The Morgan fingerprint density at radius 2 is 2.46 bits per heavy atom. The van der Waals surface area contributed by atoms with Crippen LogP contribution in [-0.2, 0) is 9.78 Å². The second-order valence-electron chi connectivity index (χ2n) is 2.42. The molecule has 0 radical (unpaired) electrons. The van der Waals surface area contributed by atoms with E-state index in [0.717, 1.165) is 5.52 Å². The molecule has 13 heavy (non-hydrogen) atoms. The van der Waals surface area contributed by atoms with E-state index in [1.165, 1.54) is 13.4 Å². The van der Waals surface area contributed by atoms with Gasteiger partial charge in [0, 0.05) is 12.1 Å². The molecule has 0 fully saturated rings. The average Bonchev–Trinajstić information content (AvgIpc) is 2.61. The van der Waals surface area contributed by atoms with Crippen molar-refractivity contribution in [3.63, 3.8) is 0 Å². The summed E-state index contributed by atoms with van der Waals surface area (Å²) in [4.78, 5) is 22.4. The Kier molecular flexibility index (Phi) is 1.79. The minimum absolute atomic E-state index is 0.302. The van der Waals surface area contributed by atoms with Crippen molar-refractivity contribution in [3.05, 3.63) is 24.1 Å². The molecule has 0 bridgehead atoms. The van der Waals surface area contributed by atoms with Gasteiger partial charge in [0.05, 0.1) is 18.9 Å². The SMILES string of the molecule is COOC(=O)c1cc2occc2[nH]1. The molecule has 0 unspecified atom stereocenters.